The van der Waals surface area contributed by atoms with E-state index in [0.29, 0.717) is 18.4 Å². The van der Waals surface area contributed by atoms with Crippen LogP contribution in [0.5, 0.6) is 0 Å². The van der Waals surface area contributed by atoms with Gasteiger partial charge in [-0.3, -0.25) is 9.59 Å². The van der Waals surface area contributed by atoms with Gasteiger partial charge in [0.2, 0.25) is 5.91 Å². The molecule has 0 aromatic heterocycles. The third kappa shape index (κ3) is 2.62. The molecular formula is C17H18FNO2. The number of Topliss-reactive ketones (excluding diaryl/α,β-unsaturated/α-hetero) is 1. The molecule has 4 heteroatoms. The smallest absolute Gasteiger partial charge is 0.225 e. The SMILES string of the molecule is CC1(C)CC(=O)C2=C(C1)NC(=O)C[C@H]2c1ccc(F)cc1. The summed E-state index contributed by atoms with van der Waals surface area (Å²) in [6, 6.07) is 6.07. The van der Waals surface area contributed by atoms with Crippen molar-refractivity contribution >= 4 is 11.7 Å². The van der Waals surface area contributed by atoms with E-state index < -0.39 is 0 Å². The van der Waals surface area contributed by atoms with Crippen LogP contribution < -0.4 is 5.32 Å². The lowest BCUT2D eigenvalue weighted by Crippen LogP contribution is -2.40. The van der Waals surface area contributed by atoms with Crippen LogP contribution in [0.4, 0.5) is 4.39 Å². The highest BCUT2D eigenvalue weighted by Gasteiger charge is 2.40. The lowest BCUT2D eigenvalue weighted by atomic mass is 9.70. The second-order valence-electron chi connectivity index (χ2n) is 6.69. The Morgan fingerprint density at radius 1 is 1.14 bits per heavy atom. The molecule has 1 heterocycles. The van der Waals surface area contributed by atoms with Crippen LogP contribution in [-0.4, -0.2) is 11.7 Å². The molecular weight excluding hydrogens is 269 g/mol. The number of rotatable bonds is 1. The summed E-state index contributed by atoms with van der Waals surface area (Å²) >= 11 is 0. The number of carbonyl (C=O) groups is 2. The minimum atomic E-state index is -0.315. The summed E-state index contributed by atoms with van der Waals surface area (Å²) in [5.74, 6) is -0.550. The van der Waals surface area contributed by atoms with Gasteiger partial charge in [-0.25, -0.2) is 4.39 Å². The van der Waals surface area contributed by atoms with E-state index in [1.54, 1.807) is 12.1 Å². The Morgan fingerprint density at radius 2 is 1.81 bits per heavy atom. The zero-order valence-corrected chi connectivity index (χ0v) is 12.2. The molecule has 0 spiro atoms. The summed E-state index contributed by atoms with van der Waals surface area (Å²) in [5.41, 5.74) is 2.16. The van der Waals surface area contributed by atoms with Gasteiger partial charge < -0.3 is 5.32 Å². The molecule has 3 rings (SSSR count). The largest absolute Gasteiger partial charge is 0.329 e. The minimum Gasteiger partial charge on any atom is -0.329 e. The molecule has 1 aliphatic carbocycles. The first-order valence-corrected chi connectivity index (χ1v) is 7.17. The van der Waals surface area contributed by atoms with Gasteiger partial charge in [0.25, 0.3) is 0 Å². The van der Waals surface area contributed by atoms with Crippen molar-refractivity contribution in [1.82, 2.24) is 5.32 Å². The van der Waals surface area contributed by atoms with Gasteiger partial charge in [0.1, 0.15) is 5.82 Å². The van der Waals surface area contributed by atoms with Crippen molar-refractivity contribution in [3.63, 3.8) is 0 Å². The maximum Gasteiger partial charge on any atom is 0.225 e. The summed E-state index contributed by atoms with van der Waals surface area (Å²) in [6.07, 6.45) is 1.42. The van der Waals surface area contributed by atoms with E-state index in [9.17, 15) is 14.0 Å². The molecule has 110 valence electrons. The summed E-state index contributed by atoms with van der Waals surface area (Å²) < 4.78 is 13.1. The fraction of sp³-hybridized carbons (Fsp3) is 0.412. The number of allylic oxidation sites excluding steroid dienone is 2. The van der Waals surface area contributed by atoms with Crippen molar-refractivity contribution in [3.05, 3.63) is 46.9 Å². The third-order valence-electron chi connectivity index (χ3n) is 4.22. The van der Waals surface area contributed by atoms with Gasteiger partial charge in [0.05, 0.1) is 0 Å². The maximum atomic E-state index is 13.1. The number of carbonyl (C=O) groups excluding carboxylic acids is 2. The molecule has 1 aromatic rings. The zero-order valence-electron chi connectivity index (χ0n) is 12.2. The molecule has 0 saturated carbocycles. The Hall–Kier alpha value is -1.97. The van der Waals surface area contributed by atoms with Crippen LogP contribution in [0.1, 0.15) is 44.6 Å². The molecule has 3 nitrogen and oxygen atoms in total. The van der Waals surface area contributed by atoms with Gasteiger partial charge in [-0.2, -0.15) is 0 Å². The highest BCUT2D eigenvalue weighted by Crippen LogP contribution is 2.43. The Balaban J connectivity index is 2.06. The van der Waals surface area contributed by atoms with Gasteiger partial charge in [-0.05, 0) is 29.5 Å². The molecule has 0 bridgehead atoms. The minimum absolute atomic E-state index is 0.0754. The number of ketones is 1. The van der Waals surface area contributed by atoms with Crippen molar-refractivity contribution in [3.8, 4) is 0 Å². The molecule has 1 atom stereocenters. The third-order valence-corrected chi connectivity index (χ3v) is 4.22. The van der Waals surface area contributed by atoms with E-state index >= 15 is 0 Å². The van der Waals surface area contributed by atoms with Crippen LogP contribution in [0.3, 0.4) is 0 Å². The number of nitrogens with one attached hydrogen (secondary N) is 1. The Bertz CT molecular complexity index is 643. The van der Waals surface area contributed by atoms with E-state index in [4.69, 9.17) is 0 Å². The molecule has 1 aromatic carbocycles. The molecule has 0 fully saturated rings. The van der Waals surface area contributed by atoms with Crippen LogP contribution in [0, 0.1) is 11.2 Å². The molecule has 0 unspecified atom stereocenters. The first-order valence-electron chi connectivity index (χ1n) is 7.17. The van der Waals surface area contributed by atoms with Gasteiger partial charge in [-0.15, -0.1) is 0 Å². The first-order chi connectivity index (χ1) is 9.85. The normalized spacial score (nSPS) is 24.6. The number of hydrogen-bond acceptors (Lipinski definition) is 2. The first kappa shape index (κ1) is 14.0. The fourth-order valence-corrected chi connectivity index (χ4v) is 3.34. The molecule has 1 N–H and O–H groups in total. The molecule has 1 aliphatic heterocycles. The van der Waals surface area contributed by atoms with Gasteiger partial charge in [0, 0.05) is 30.0 Å². The Morgan fingerprint density at radius 3 is 2.48 bits per heavy atom. The maximum absolute atomic E-state index is 13.1. The topological polar surface area (TPSA) is 46.2 Å². The quantitative estimate of drug-likeness (QED) is 0.863. The molecule has 2 aliphatic rings. The highest BCUT2D eigenvalue weighted by atomic mass is 19.1. The molecule has 1 amide bonds. The van der Waals surface area contributed by atoms with Crippen LogP contribution >= 0.6 is 0 Å². The van der Waals surface area contributed by atoms with E-state index in [-0.39, 0.29) is 35.3 Å². The van der Waals surface area contributed by atoms with E-state index in [2.05, 4.69) is 5.32 Å². The van der Waals surface area contributed by atoms with E-state index in [0.717, 1.165) is 11.3 Å². The zero-order chi connectivity index (χ0) is 15.2. The van der Waals surface area contributed by atoms with Crippen LogP contribution in [-0.2, 0) is 9.59 Å². The van der Waals surface area contributed by atoms with E-state index in [1.165, 1.54) is 12.1 Å². The Kier molecular flexibility index (Phi) is 3.19. The average Bonchev–Trinajstić information content (AvgIpc) is 2.36. The summed E-state index contributed by atoms with van der Waals surface area (Å²) in [7, 11) is 0. The average molecular weight is 287 g/mol. The number of amides is 1. The lowest BCUT2D eigenvalue weighted by molar-refractivity contribution is -0.122. The summed E-state index contributed by atoms with van der Waals surface area (Å²) in [4.78, 5) is 24.5. The highest BCUT2D eigenvalue weighted by molar-refractivity contribution is 6.02. The van der Waals surface area contributed by atoms with Crippen LogP contribution in [0.25, 0.3) is 0 Å². The standard InChI is InChI=1S/C17H18FNO2/c1-17(2)8-13-16(14(20)9-17)12(7-15(21)19-13)10-3-5-11(18)6-4-10/h3-6,12H,7-9H2,1-2H3,(H,19,21)/t12-/m0/s1. The summed E-state index contributed by atoms with van der Waals surface area (Å²) in [6.45, 7) is 4.06. The Labute approximate surface area is 123 Å². The van der Waals surface area contributed by atoms with Crippen molar-refractivity contribution in [2.45, 2.75) is 39.0 Å². The van der Waals surface area contributed by atoms with Crippen molar-refractivity contribution < 1.29 is 14.0 Å². The predicted octanol–water partition coefficient (Wildman–Crippen LogP) is 3.07. The second-order valence-corrected chi connectivity index (χ2v) is 6.69. The van der Waals surface area contributed by atoms with Gasteiger partial charge >= 0.3 is 0 Å². The number of halogens is 1. The van der Waals surface area contributed by atoms with Crippen molar-refractivity contribution in [2.24, 2.45) is 5.41 Å². The second kappa shape index (κ2) is 4.79. The number of benzene rings is 1. The van der Waals surface area contributed by atoms with Crippen molar-refractivity contribution in [1.29, 1.82) is 0 Å². The van der Waals surface area contributed by atoms with Crippen LogP contribution in [0.15, 0.2) is 35.5 Å². The molecule has 21 heavy (non-hydrogen) atoms. The number of hydrogen-bond donors (Lipinski definition) is 1. The van der Waals surface area contributed by atoms with Gasteiger partial charge in [0.15, 0.2) is 5.78 Å². The predicted molar refractivity (Wildman–Crippen MR) is 76.9 cm³/mol. The fourth-order valence-electron chi connectivity index (χ4n) is 3.34. The molecule has 0 saturated heterocycles. The summed E-state index contributed by atoms with van der Waals surface area (Å²) in [5, 5.41) is 2.86. The molecule has 0 radical (unpaired) electrons. The van der Waals surface area contributed by atoms with Crippen LogP contribution in [0.2, 0.25) is 0 Å². The van der Waals surface area contributed by atoms with E-state index in [1.807, 2.05) is 13.8 Å². The monoisotopic (exact) mass is 287 g/mol. The van der Waals surface area contributed by atoms with Gasteiger partial charge in [-0.1, -0.05) is 26.0 Å². The van der Waals surface area contributed by atoms with Crippen molar-refractivity contribution in [2.75, 3.05) is 0 Å². The lowest BCUT2D eigenvalue weighted by Gasteiger charge is -2.37.